The minimum Gasteiger partial charge on any atom is -0.482 e. The lowest BCUT2D eigenvalue weighted by Crippen LogP contribution is -2.17. The van der Waals surface area contributed by atoms with Crippen LogP contribution >= 0.6 is 0 Å². The van der Waals surface area contributed by atoms with E-state index in [-0.39, 0.29) is 18.4 Å². The van der Waals surface area contributed by atoms with Crippen molar-refractivity contribution in [3.8, 4) is 5.75 Å². The fraction of sp³-hybridized carbons (Fsp3) is 0.357. The first-order chi connectivity index (χ1) is 9.04. The molecule has 0 spiro atoms. The first-order valence-corrected chi connectivity index (χ1v) is 6.13. The number of aromatic nitrogens is 1. The summed E-state index contributed by atoms with van der Waals surface area (Å²) < 4.78 is 24.1. The van der Waals surface area contributed by atoms with Crippen molar-refractivity contribution < 1.29 is 13.7 Å². The smallest absolute Gasteiger partial charge is 0.174 e. The molecule has 0 fully saturated rings. The number of nitrogens with zero attached hydrogens (tertiary/aromatic N) is 1. The Morgan fingerprint density at radius 2 is 2.21 bits per heavy atom. The second-order valence-electron chi connectivity index (χ2n) is 4.67. The normalized spacial score (nSPS) is 12.4. The lowest BCUT2D eigenvalue weighted by molar-refractivity contribution is 0.240. The minimum absolute atomic E-state index is 0.00309. The maximum absolute atomic E-state index is 13.8. The van der Waals surface area contributed by atoms with E-state index in [0.29, 0.717) is 12.2 Å². The maximum Gasteiger partial charge on any atom is 0.174 e. The summed E-state index contributed by atoms with van der Waals surface area (Å²) in [5.74, 6) is 0.369. The fourth-order valence-electron chi connectivity index (χ4n) is 1.79. The van der Waals surface area contributed by atoms with Gasteiger partial charge in [0.15, 0.2) is 17.3 Å². The van der Waals surface area contributed by atoms with Gasteiger partial charge in [0, 0.05) is 12.1 Å². The van der Waals surface area contributed by atoms with Gasteiger partial charge in [-0.2, -0.15) is 0 Å². The van der Waals surface area contributed by atoms with Gasteiger partial charge in [-0.3, -0.25) is 0 Å². The standard InChI is InChI=1S/C14H17FN2O2/c1-9(16)5-11-3-4-14(13(15)7-11)18-8-12-6-10(2)17-19-12/h3-4,6-7,9H,5,8,16H2,1-2H3. The molecule has 0 bridgehead atoms. The molecule has 2 aromatic rings. The van der Waals surface area contributed by atoms with Crippen molar-refractivity contribution in [3.63, 3.8) is 0 Å². The van der Waals surface area contributed by atoms with Crippen molar-refractivity contribution in [2.45, 2.75) is 32.9 Å². The zero-order valence-electron chi connectivity index (χ0n) is 11.0. The van der Waals surface area contributed by atoms with Gasteiger partial charge in [0.05, 0.1) is 5.69 Å². The summed E-state index contributed by atoms with van der Waals surface area (Å²) in [5.41, 5.74) is 7.30. The quantitative estimate of drug-likeness (QED) is 0.901. The predicted octanol–water partition coefficient (Wildman–Crippen LogP) is 2.59. The molecule has 2 N–H and O–H groups in total. The summed E-state index contributed by atoms with van der Waals surface area (Å²) in [5, 5.41) is 3.74. The fourth-order valence-corrected chi connectivity index (χ4v) is 1.79. The molecule has 1 unspecified atom stereocenters. The molecule has 0 saturated carbocycles. The van der Waals surface area contributed by atoms with Gasteiger partial charge < -0.3 is 15.0 Å². The average Bonchev–Trinajstić information content (AvgIpc) is 2.73. The van der Waals surface area contributed by atoms with Crippen LogP contribution in [0.5, 0.6) is 5.75 Å². The molecular weight excluding hydrogens is 247 g/mol. The van der Waals surface area contributed by atoms with Gasteiger partial charge in [-0.1, -0.05) is 11.2 Å². The van der Waals surface area contributed by atoms with E-state index in [2.05, 4.69) is 5.16 Å². The van der Waals surface area contributed by atoms with Crippen LogP contribution in [0.1, 0.15) is 23.9 Å². The molecule has 0 aliphatic heterocycles. The van der Waals surface area contributed by atoms with Gasteiger partial charge in [0.1, 0.15) is 6.61 Å². The molecule has 1 aromatic heterocycles. The Kier molecular flexibility index (Phi) is 4.16. The van der Waals surface area contributed by atoms with Crippen LogP contribution in [-0.2, 0) is 13.0 Å². The van der Waals surface area contributed by atoms with Crippen LogP contribution in [0.2, 0.25) is 0 Å². The van der Waals surface area contributed by atoms with E-state index in [1.165, 1.54) is 6.07 Å². The summed E-state index contributed by atoms with van der Waals surface area (Å²) >= 11 is 0. The number of benzene rings is 1. The summed E-state index contributed by atoms with van der Waals surface area (Å²) in [4.78, 5) is 0. The molecule has 1 aromatic carbocycles. The molecule has 1 atom stereocenters. The highest BCUT2D eigenvalue weighted by molar-refractivity contribution is 5.30. The number of rotatable bonds is 5. The Balaban J connectivity index is 2.00. The van der Waals surface area contributed by atoms with E-state index in [9.17, 15) is 4.39 Å². The van der Waals surface area contributed by atoms with Crippen molar-refractivity contribution in [2.24, 2.45) is 5.73 Å². The molecule has 5 heteroatoms. The van der Waals surface area contributed by atoms with E-state index < -0.39 is 5.82 Å². The van der Waals surface area contributed by atoms with Crippen LogP contribution in [0.3, 0.4) is 0 Å². The molecule has 0 amide bonds. The summed E-state index contributed by atoms with van der Waals surface area (Å²) in [6.07, 6.45) is 0.637. The third-order valence-electron chi connectivity index (χ3n) is 2.60. The lowest BCUT2D eigenvalue weighted by Gasteiger charge is -2.08. The monoisotopic (exact) mass is 264 g/mol. The third-order valence-corrected chi connectivity index (χ3v) is 2.60. The largest absolute Gasteiger partial charge is 0.482 e. The summed E-state index contributed by atoms with van der Waals surface area (Å²) in [6.45, 7) is 3.86. The van der Waals surface area contributed by atoms with Crippen LogP contribution in [0.4, 0.5) is 4.39 Å². The number of halogens is 1. The Labute approximate surface area is 111 Å². The summed E-state index contributed by atoms with van der Waals surface area (Å²) in [7, 11) is 0. The number of nitrogens with two attached hydrogens (primary N) is 1. The molecule has 0 aliphatic rings. The van der Waals surface area contributed by atoms with E-state index in [0.717, 1.165) is 11.3 Å². The second kappa shape index (κ2) is 5.84. The molecule has 1 heterocycles. The SMILES string of the molecule is Cc1cc(COc2ccc(CC(C)N)cc2F)on1. The zero-order valence-corrected chi connectivity index (χ0v) is 11.0. The molecule has 19 heavy (non-hydrogen) atoms. The van der Waals surface area contributed by atoms with Gasteiger partial charge in [0.2, 0.25) is 0 Å². The molecule has 102 valence electrons. The Morgan fingerprint density at radius 3 is 2.79 bits per heavy atom. The van der Waals surface area contributed by atoms with Crippen molar-refractivity contribution in [3.05, 3.63) is 47.1 Å². The molecule has 0 aliphatic carbocycles. The van der Waals surface area contributed by atoms with Gasteiger partial charge >= 0.3 is 0 Å². The van der Waals surface area contributed by atoms with Crippen LogP contribution in [0.25, 0.3) is 0 Å². The average molecular weight is 264 g/mol. The number of hydrogen-bond acceptors (Lipinski definition) is 4. The first-order valence-electron chi connectivity index (χ1n) is 6.13. The van der Waals surface area contributed by atoms with Gasteiger partial charge in [0.25, 0.3) is 0 Å². The number of ether oxygens (including phenoxy) is 1. The predicted molar refractivity (Wildman–Crippen MR) is 69.3 cm³/mol. The van der Waals surface area contributed by atoms with Crippen LogP contribution < -0.4 is 10.5 Å². The van der Waals surface area contributed by atoms with Crippen molar-refractivity contribution in [1.82, 2.24) is 5.16 Å². The van der Waals surface area contributed by atoms with Crippen molar-refractivity contribution in [2.75, 3.05) is 0 Å². The van der Waals surface area contributed by atoms with Gasteiger partial charge in [-0.05, 0) is 38.0 Å². The highest BCUT2D eigenvalue weighted by Gasteiger charge is 2.08. The van der Waals surface area contributed by atoms with Crippen molar-refractivity contribution in [1.29, 1.82) is 0 Å². The van der Waals surface area contributed by atoms with E-state index in [4.69, 9.17) is 15.0 Å². The molecule has 0 saturated heterocycles. The Morgan fingerprint density at radius 1 is 1.42 bits per heavy atom. The van der Waals surface area contributed by atoms with Crippen LogP contribution in [-0.4, -0.2) is 11.2 Å². The second-order valence-corrected chi connectivity index (χ2v) is 4.67. The highest BCUT2D eigenvalue weighted by atomic mass is 19.1. The first kappa shape index (κ1) is 13.5. The van der Waals surface area contributed by atoms with Crippen LogP contribution in [0, 0.1) is 12.7 Å². The highest BCUT2D eigenvalue weighted by Crippen LogP contribution is 2.20. The Hall–Kier alpha value is -1.88. The maximum atomic E-state index is 13.8. The van der Waals surface area contributed by atoms with Gasteiger partial charge in [-0.15, -0.1) is 0 Å². The number of aryl methyl sites for hydroxylation is 1. The Bertz CT molecular complexity index is 552. The van der Waals surface area contributed by atoms with E-state index in [1.807, 2.05) is 19.9 Å². The van der Waals surface area contributed by atoms with E-state index >= 15 is 0 Å². The molecule has 4 nitrogen and oxygen atoms in total. The molecule has 2 rings (SSSR count). The third kappa shape index (κ3) is 3.79. The summed E-state index contributed by atoms with van der Waals surface area (Å²) in [6, 6.07) is 6.62. The molecular formula is C14H17FN2O2. The van der Waals surface area contributed by atoms with Crippen molar-refractivity contribution >= 4 is 0 Å². The minimum atomic E-state index is -0.394. The number of hydrogen-bond donors (Lipinski definition) is 1. The topological polar surface area (TPSA) is 61.3 Å². The zero-order chi connectivity index (χ0) is 13.8. The van der Waals surface area contributed by atoms with E-state index in [1.54, 1.807) is 12.1 Å². The van der Waals surface area contributed by atoms with Gasteiger partial charge in [-0.25, -0.2) is 4.39 Å². The lowest BCUT2D eigenvalue weighted by atomic mass is 10.1. The molecule has 0 radical (unpaired) electrons. The van der Waals surface area contributed by atoms with Crippen LogP contribution in [0.15, 0.2) is 28.8 Å².